The fraction of sp³-hybridized carbons (Fsp3) is 0.333. The Balaban J connectivity index is 1.66. The number of hydrogen-bond donors (Lipinski definition) is 0. The van der Waals surface area contributed by atoms with Crippen molar-refractivity contribution in [2.75, 3.05) is 18.0 Å². The van der Waals surface area contributed by atoms with Crippen LogP contribution in [0, 0.1) is 20.8 Å². The standard InChI is InChI=1S/C21H23N3O2/c1-14-11-18(20-15(2)22-26-16(20)3)13-24(21(14)25)12-17-5-7-19(8-6-17)23-9-4-10-23/h5-8,11,13H,4,9-10,12H2,1-3H3. The van der Waals surface area contributed by atoms with E-state index in [9.17, 15) is 4.79 Å². The number of anilines is 1. The normalized spacial score (nSPS) is 13.7. The minimum absolute atomic E-state index is 0.0346. The lowest BCUT2D eigenvalue weighted by atomic mass is 10.0. The molecule has 5 heteroatoms. The highest BCUT2D eigenvalue weighted by atomic mass is 16.5. The van der Waals surface area contributed by atoms with Gasteiger partial charge in [-0.05, 0) is 51.0 Å². The van der Waals surface area contributed by atoms with Crippen molar-refractivity contribution in [3.05, 3.63) is 69.5 Å². The number of aryl methyl sites for hydroxylation is 3. The zero-order valence-corrected chi connectivity index (χ0v) is 15.5. The van der Waals surface area contributed by atoms with E-state index in [1.807, 2.05) is 33.0 Å². The molecule has 3 heterocycles. The average molecular weight is 349 g/mol. The molecule has 2 aromatic heterocycles. The topological polar surface area (TPSA) is 51.3 Å². The maximum absolute atomic E-state index is 12.6. The first-order valence-corrected chi connectivity index (χ1v) is 9.01. The minimum atomic E-state index is 0.0346. The molecule has 0 saturated carbocycles. The highest BCUT2D eigenvalue weighted by Crippen LogP contribution is 2.27. The van der Waals surface area contributed by atoms with E-state index in [1.54, 1.807) is 4.57 Å². The van der Waals surface area contributed by atoms with Crippen LogP contribution >= 0.6 is 0 Å². The molecule has 0 bridgehead atoms. The lowest BCUT2D eigenvalue weighted by Gasteiger charge is -2.33. The molecular formula is C21H23N3O2. The van der Waals surface area contributed by atoms with Gasteiger partial charge in [0.15, 0.2) is 0 Å². The quantitative estimate of drug-likeness (QED) is 0.721. The van der Waals surface area contributed by atoms with E-state index in [0.29, 0.717) is 6.54 Å². The summed E-state index contributed by atoms with van der Waals surface area (Å²) in [4.78, 5) is 15.0. The van der Waals surface area contributed by atoms with Crippen LogP contribution < -0.4 is 10.5 Å². The molecule has 0 atom stereocenters. The van der Waals surface area contributed by atoms with Gasteiger partial charge in [-0.3, -0.25) is 4.79 Å². The molecule has 0 aliphatic carbocycles. The fourth-order valence-corrected chi connectivity index (χ4v) is 3.52. The summed E-state index contributed by atoms with van der Waals surface area (Å²) in [6.45, 7) is 8.50. The van der Waals surface area contributed by atoms with E-state index in [2.05, 4.69) is 34.3 Å². The predicted molar refractivity (Wildman–Crippen MR) is 103 cm³/mol. The van der Waals surface area contributed by atoms with Crippen LogP contribution in [0.3, 0.4) is 0 Å². The summed E-state index contributed by atoms with van der Waals surface area (Å²) in [5.41, 5.74) is 5.91. The number of pyridine rings is 1. The van der Waals surface area contributed by atoms with Gasteiger partial charge in [0.2, 0.25) is 0 Å². The second kappa shape index (κ2) is 6.48. The van der Waals surface area contributed by atoms with Crippen molar-refractivity contribution in [3.8, 4) is 11.1 Å². The molecule has 4 rings (SSSR count). The van der Waals surface area contributed by atoms with Crippen molar-refractivity contribution in [2.24, 2.45) is 0 Å². The van der Waals surface area contributed by atoms with Crippen LogP contribution in [0.1, 0.15) is 29.0 Å². The Morgan fingerprint density at radius 1 is 1.12 bits per heavy atom. The van der Waals surface area contributed by atoms with Crippen LogP contribution in [-0.4, -0.2) is 22.8 Å². The molecule has 0 N–H and O–H groups in total. The first-order chi connectivity index (χ1) is 12.5. The predicted octanol–water partition coefficient (Wildman–Crippen LogP) is 3.69. The van der Waals surface area contributed by atoms with Gasteiger partial charge >= 0.3 is 0 Å². The molecule has 0 unspecified atom stereocenters. The van der Waals surface area contributed by atoms with Crippen molar-refractivity contribution < 1.29 is 4.52 Å². The smallest absolute Gasteiger partial charge is 0.253 e. The van der Waals surface area contributed by atoms with Gasteiger partial charge in [-0.15, -0.1) is 0 Å². The van der Waals surface area contributed by atoms with E-state index < -0.39 is 0 Å². The van der Waals surface area contributed by atoms with Crippen molar-refractivity contribution >= 4 is 5.69 Å². The average Bonchev–Trinajstić information content (AvgIpc) is 2.90. The van der Waals surface area contributed by atoms with Gasteiger partial charge in [0.25, 0.3) is 5.56 Å². The Kier molecular flexibility index (Phi) is 4.15. The molecule has 1 aromatic carbocycles. The van der Waals surface area contributed by atoms with E-state index in [4.69, 9.17) is 4.52 Å². The molecule has 1 fully saturated rings. The Hall–Kier alpha value is -2.82. The van der Waals surface area contributed by atoms with Gasteiger partial charge < -0.3 is 14.0 Å². The molecule has 0 spiro atoms. The molecule has 0 amide bonds. The third-order valence-electron chi connectivity index (χ3n) is 5.10. The highest BCUT2D eigenvalue weighted by molar-refractivity contribution is 5.67. The van der Waals surface area contributed by atoms with Crippen LogP contribution in [0.4, 0.5) is 5.69 Å². The number of nitrogens with zero attached hydrogens (tertiary/aromatic N) is 3. The summed E-state index contributed by atoms with van der Waals surface area (Å²) in [6.07, 6.45) is 3.18. The fourth-order valence-electron chi connectivity index (χ4n) is 3.52. The van der Waals surface area contributed by atoms with Gasteiger partial charge in [0, 0.05) is 41.7 Å². The largest absolute Gasteiger partial charge is 0.371 e. The maximum Gasteiger partial charge on any atom is 0.253 e. The zero-order chi connectivity index (χ0) is 18.3. The van der Waals surface area contributed by atoms with Crippen LogP contribution in [0.15, 0.2) is 45.8 Å². The summed E-state index contributed by atoms with van der Waals surface area (Å²) in [7, 11) is 0. The third-order valence-corrected chi connectivity index (χ3v) is 5.10. The van der Waals surface area contributed by atoms with Gasteiger partial charge in [-0.2, -0.15) is 0 Å². The lowest BCUT2D eigenvalue weighted by Crippen LogP contribution is -2.36. The molecule has 1 saturated heterocycles. The van der Waals surface area contributed by atoms with Gasteiger partial charge in [0.05, 0.1) is 12.2 Å². The highest BCUT2D eigenvalue weighted by Gasteiger charge is 2.15. The van der Waals surface area contributed by atoms with E-state index >= 15 is 0 Å². The van der Waals surface area contributed by atoms with Gasteiger partial charge in [-0.25, -0.2) is 0 Å². The van der Waals surface area contributed by atoms with Crippen LogP contribution in [0.5, 0.6) is 0 Å². The van der Waals surface area contributed by atoms with Crippen molar-refractivity contribution in [1.82, 2.24) is 9.72 Å². The Bertz CT molecular complexity index is 976. The molecule has 3 aromatic rings. The maximum atomic E-state index is 12.6. The van der Waals surface area contributed by atoms with Gasteiger partial charge in [0.1, 0.15) is 5.76 Å². The number of benzene rings is 1. The molecule has 0 radical (unpaired) electrons. The third kappa shape index (κ3) is 2.94. The summed E-state index contributed by atoms with van der Waals surface area (Å²) in [6, 6.07) is 10.4. The Labute approximate surface area is 152 Å². The van der Waals surface area contributed by atoms with E-state index in [-0.39, 0.29) is 5.56 Å². The second-order valence-electron chi connectivity index (χ2n) is 7.05. The van der Waals surface area contributed by atoms with E-state index in [1.165, 1.54) is 12.1 Å². The molecule has 1 aliphatic rings. The molecule has 5 nitrogen and oxygen atoms in total. The SMILES string of the molecule is Cc1noc(C)c1-c1cc(C)c(=O)n(Cc2ccc(N3CCC3)cc2)c1. The van der Waals surface area contributed by atoms with Crippen LogP contribution in [0.2, 0.25) is 0 Å². The Morgan fingerprint density at radius 3 is 2.42 bits per heavy atom. The summed E-state index contributed by atoms with van der Waals surface area (Å²) in [5.74, 6) is 0.769. The van der Waals surface area contributed by atoms with Crippen LogP contribution in [-0.2, 0) is 6.54 Å². The molecular weight excluding hydrogens is 326 g/mol. The summed E-state index contributed by atoms with van der Waals surface area (Å²) < 4.78 is 7.06. The first-order valence-electron chi connectivity index (χ1n) is 9.01. The second-order valence-corrected chi connectivity index (χ2v) is 7.05. The summed E-state index contributed by atoms with van der Waals surface area (Å²) >= 11 is 0. The monoisotopic (exact) mass is 349 g/mol. The lowest BCUT2D eigenvalue weighted by molar-refractivity contribution is 0.393. The van der Waals surface area contributed by atoms with Crippen LogP contribution in [0.25, 0.3) is 11.1 Å². The van der Waals surface area contributed by atoms with Crippen molar-refractivity contribution in [2.45, 2.75) is 33.7 Å². The zero-order valence-electron chi connectivity index (χ0n) is 15.5. The summed E-state index contributed by atoms with van der Waals surface area (Å²) in [5, 5.41) is 4.03. The van der Waals surface area contributed by atoms with Gasteiger partial charge in [-0.1, -0.05) is 17.3 Å². The number of rotatable bonds is 4. The van der Waals surface area contributed by atoms with E-state index in [0.717, 1.165) is 46.8 Å². The number of aromatic nitrogens is 2. The molecule has 134 valence electrons. The van der Waals surface area contributed by atoms with Crippen molar-refractivity contribution in [1.29, 1.82) is 0 Å². The van der Waals surface area contributed by atoms with Crippen molar-refractivity contribution in [3.63, 3.8) is 0 Å². The minimum Gasteiger partial charge on any atom is -0.371 e. The Morgan fingerprint density at radius 2 is 1.85 bits per heavy atom. The molecule has 1 aliphatic heterocycles. The first kappa shape index (κ1) is 16.6. The number of hydrogen-bond acceptors (Lipinski definition) is 4. The molecule has 26 heavy (non-hydrogen) atoms.